The minimum absolute atomic E-state index is 0.0161. The van der Waals surface area contributed by atoms with Gasteiger partial charge in [0.2, 0.25) is 0 Å². The van der Waals surface area contributed by atoms with Gasteiger partial charge in [-0.3, -0.25) is 10.1 Å². The highest BCUT2D eigenvalue weighted by molar-refractivity contribution is 8.02. The van der Waals surface area contributed by atoms with Crippen LogP contribution in [0.3, 0.4) is 0 Å². The lowest BCUT2D eigenvalue weighted by molar-refractivity contribution is -0.384. The zero-order valence-corrected chi connectivity index (χ0v) is 12.7. The van der Waals surface area contributed by atoms with Gasteiger partial charge in [0, 0.05) is 6.07 Å². The average Bonchev–Trinajstić information content (AvgIpc) is 2.36. The van der Waals surface area contributed by atoms with Crippen molar-refractivity contribution in [2.24, 2.45) is 0 Å². The van der Waals surface area contributed by atoms with Gasteiger partial charge in [0.15, 0.2) is 6.20 Å². The second-order valence-electron chi connectivity index (χ2n) is 5.19. The number of hydrogen-bond donors (Lipinski definition) is 1. The molecule has 6 heteroatoms. The van der Waals surface area contributed by atoms with Crippen molar-refractivity contribution in [3.05, 3.63) is 56.5 Å². The molecule has 0 saturated carbocycles. The Morgan fingerprint density at radius 3 is 2.60 bits per heavy atom. The Hall–Kier alpha value is -2.00. The lowest BCUT2D eigenvalue weighted by atomic mass is 9.86. The first-order valence-corrected chi connectivity index (χ1v) is 7.18. The first kappa shape index (κ1) is 16.1. The second-order valence-corrected chi connectivity index (χ2v) is 6.04. The molecular weight excluding hydrogens is 274 g/mol. The van der Waals surface area contributed by atoms with E-state index in [1.165, 1.54) is 18.0 Å². The van der Waals surface area contributed by atoms with Crippen molar-refractivity contribution < 1.29 is 4.92 Å². The van der Waals surface area contributed by atoms with Crippen LogP contribution < -0.4 is 5.32 Å². The third-order valence-electron chi connectivity index (χ3n) is 2.72. The van der Waals surface area contributed by atoms with Crippen molar-refractivity contribution >= 4 is 23.1 Å². The largest absolute Gasteiger partial charge is 0.354 e. The number of rotatable bonds is 4. The zero-order chi connectivity index (χ0) is 15.3. The molecule has 0 fully saturated rings. The summed E-state index contributed by atoms with van der Waals surface area (Å²) >= 11 is 1.33. The normalized spacial score (nSPS) is 11.8. The van der Waals surface area contributed by atoms with Crippen LogP contribution in [0.5, 0.6) is 0 Å². The first-order chi connectivity index (χ1) is 9.29. The molecule has 5 nitrogen and oxygen atoms in total. The zero-order valence-electron chi connectivity index (χ0n) is 11.9. The molecule has 0 aliphatic rings. The highest BCUT2D eigenvalue weighted by Crippen LogP contribution is 2.33. The summed E-state index contributed by atoms with van der Waals surface area (Å²) in [5.41, 5.74) is 1.15. The van der Waals surface area contributed by atoms with Crippen LogP contribution in [-0.2, 0) is 5.41 Å². The summed E-state index contributed by atoms with van der Waals surface area (Å²) < 4.78 is 0. The monoisotopic (exact) mass is 291 g/mol. The summed E-state index contributed by atoms with van der Waals surface area (Å²) in [6.45, 7) is 12.8. The summed E-state index contributed by atoms with van der Waals surface area (Å²) in [6, 6.07) is 5.13. The van der Waals surface area contributed by atoms with Crippen LogP contribution in [-0.4, -0.2) is 11.2 Å². The number of nitro groups is 1. The van der Waals surface area contributed by atoms with E-state index >= 15 is 0 Å². The van der Waals surface area contributed by atoms with Gasteiger partial charge in [-0.1, -0.05) is 26.8 Å². The Balaban J connectivity index is 3.25. The molecule has 0 unspecified atom stereocenters. The maximum Gasteiger partial charge on any atom is 0.292 e. The molecule has 0 saturated heterocycles. The SMILES string of the molecule is [C-]#[N+]/C=C(\Nc1ccc(C(C)(C)C)cc1[N+](=O)[O-])SC. The lowest BCUT2D eigenvalue weighted by Gasteiger charge is -2.19. The van der Waals surface area contributed by atoms with Crippen LogP contribution in [0.1, 0.15) is 26.3 Å². The highest BCUT2D eigenvalue weighted by Gasteiger charge is 2.21. The average molecular weight is 291 g/mol. The van der Waals surface area contributed by atoms with Gasteiger partial charge in [0.05, 0.1) is 16.5 Å². The van der Waals surface area contributed by atoms with Crippen LogP contribution in [0.4, 0.5) is 11.4 Å². The van der Waals surface area contributed by atoms with Gasteiger partial charge in [-0.25, -0.2) is 4.85 Å². The third kappa shape index (κ3) is 4.00. The summed E-state index contributed by atoms with van der Waals surface area (Å²) in [4.78, 5) is 14.0. The summed E-state index contributed by atoms with van der Waals surface area (Å²) in [5.74, 6) is 0. The maximum absolute atomic E-state index is 11.2. The van der Waals surface area contributed by atoms with Crippen molar-refractivity contribution in [2.45, 2.75) is 26.2 Å². The van der Waals surface area contributed by atoms with Crippen molar-refractivity contribution in [1.29, 1.82) is 0 Å². The van der Waals surface area contributed by atoms with Crippen LogP contribution in [0, 0.1) is 16.7 Å². The number of thioether (sulfide) groups is 1. The van der Waals surface area contributed by atoms with E-state index in [2.05, 4.69) is 10.2 Å². The number of anilines is 1. The van der Waals surface area contributed by atoms with E-state index in [9.17, 15) is 10.1 Å². The van der Waals surface area contributed by atoms with Gasteiger partial charge in [-0.05, 0) is 23.3 Å². The Bertz CT molecular complexity index is 583. The predicted octanol–water partition coefficient (Wildman–Crippen LogP) is 4.39. The molecule has 1 aromatic rings. The highest BCUT2D eigenvalue weighted by atomic mass is 32.2. The smallest absolute Gasteiger partial charge is 0.292 e. The van der Waals surface area contributed by atoms with Crippen molar-refractivity contribution in [3.8, 4) is 0 Å². The minimum atomic E-state index is -0.409. The molecule has 0 heterocycles. The predicted molar refractivity (Wildman–Crippen MR) is 83.6 cm³/mol. The fraction of sp³-hybridized carbons (Fsp3) is 0.357. The minimum Gasteiger partial charge on any atom is -0.354 e. The van der Waals surface area contributed by atoms with E-state index in [0.717, 1.165) is 5.56 Å². The van der Waals surface area contributed by atoms with Crippen LogP contribution in [0.2, 0.25) is 0 Å². The number of nitro benzene ring substituents is 1. The van der Waals surface area contributed by atoms with Gasteiger partial charge in [-0.15, -0.1) is 11.8 Å². The molecule has 0 bridgehead atoms. The van der Waals surface area contributed by atoms with E-state index < -0.39 is 4.92 Å². The lowest BCUT2D eigenvalue weighted by Crippen LogP contribution is -2.12. The molecule has 1 aromatic carbocycles. The first-order valence-electron chi connectivity index (χ1n) is 5.96. The molecule has 20 heavy (non-hydrogen) atoms. The summed E-state index contributed by atoms with van der Waals surface area (Å²) in [5, 5.41) is 14.7. The van der Waals surface area contributed by atoms with E-state index in [4.69, 9.17) is 6.57 Å². The van der Waals surface area contributed by atoms with E-state index in [1.54, 1.807) is 18.4 Å². The summed E-state index contributed by atoms with van der Waals surface area (Å²) in [7, 11) is 0. The Kier molecular flexibility index (Phi) is 5.17. The van der Waals surface area contributed by atoms with E-state index in [0.29, 0.717) is 10.7 Å². The van der Waals surface area contributed by atoms with Crippen LogP contribution >= 0.6 is 11.8 Å². The molecular formula is C14H17N3O2S. The Morgan fingerprint density at radius 2 is 2.15 bits per heavy atom. The van der Waals surface area contributed by atoms with Gasteiger partial charge in [0.1, 0.15) is 5.69 Å². The number of hydrogen-bond acceptors (Lipinski definition) is 4. The fourth-order valence-corrected chi connectivity index (χ4v) is 1.95. The molecule has 106 valence electrons. The molecule has 0 atom stereocenters. The van der Waals surface area contributed by atoms with Crippen molar-refractivity contribution in [3.63, 3.8) is 0 Å². The van der Waals surface area contributed by atoms with Gasteiger partial charge >= 0.3 is 0 Å². The topological polar surface area (TPSA) is 59.5 Å². The molecule has 0 aliphatic heterocycles. The third-order valence-corrected chi connectivity index (χ3v) is 3.37. The number of nitrogens with zero attached hydrogens (tertiary/aromatic N) is 2. The molecule has 0 aliphatic carbocycles. The van der Waals surface area contributed by atoms with Crippen LogP contribution in [0.25, 0.3) is 4.85 Å². The van der Waals surface area contributed by atoms with Gasteiger partial charge in [-0.2, -0.15) is 0 Å². The molecule has 0 spiro atoms. The van der Waals surface area contributed by atoms with E-state index in [-0.39, 0.29) is 11.1 Å². The molecule has 1 rings (SSSR count). The quantitative estimate of drug-likeness (QED) is 0.508. The molecule has 0 amide bonds. The standard InChI is InChI=1S/C14H17N3O2S/c1-14(2,3)10-6-7-11(12(8-10)17(18)19)16-13(20-5)9-15-4/h6-9,16H,1-3,5H3/b13-9+. The summed E-state index contributed by atoms with van der Waals surface area (Å²) in [6.07, 6.45) is 3.12. The van der Waals surface area contributed by atoms with Gasteiger partial charge in [0.25, 0.3) is 5.69 Å². The molecule has 0 aromatic heterocycles. The van der Waals surface area contributed by atoms with Gasteiger partial charge < -0.3 is 5.32 Å². The van der Waals surface area contributed by atoms with Crippen LogP contribution in [0.15, 0.2) is 29.4 Å². The Morgan fingerprint density at radius 1 is 1.50 bits per heavy atom. The van der Waals surface area contributed by atoms with E-state index in [1.807, 2.05) is 26.8 Å². The fourth-order valence-electron chi connectivity index (χ4n) is 1.58. The maximum atomic E-state index is 11.2. The van der Waals surface area contributed by atoms with Crippen molar-refractivity contribution in [2.75, 3.05) is 11.6 Å². The Labute approximate surface area is 123 Å². The molecule has 1 N–H and O–H groups in total. The van der Waals surface area contributed by atoms with Crippen molar-refractivity contribution in [1.82, 2.24) is 0 Å². The molecule has 0 radical (unpaired) electrons. The number of nitrogens with one attached hydrogen (secondary N) is 1. The second kappa shape index (κ2) is 6.44. The number of benzene rings is 1.